The molecule has 1 amide bonds. The molecule has 116 valence electrons. The highest BCUT2D eigenvalue weighted by Gasteiger charge is 2.33. The SMILES string of the molecule is Cc1ccc(N2C(=O)/C(=C/c3c(Cl)cccc3Cl)SC2=S)cc1. The molecule has 0 aromatic heterocycles. The summed E-state index contributed by atoms with van der Waals surface area (Å²) in [5.74, 6) is -0.167. The normalized spacial score (nSPS) is 16.5. The van der Waals surface area contributed by atoms with Crippen LogP contribution in [0.15, 0.2) is 47.4 Å². The van der Waals surface area contributed by atoms with Gasteiger partial charge in [-0.25, -0.2) is 0 Å². The molecule has 0 radical (unpaired) electrons. The summed E-state index contributed by atoms with van der Waals surface area (Å²) in [6, 6.07) is 12.9. The highest BCUT2D eigenvalue weighted by Crippen LogP contribution is 2.38. The van der Waals surface area contributed by atoms with Gasteiger partial charge in [0.15, 0.2) is 4.32 Å². The number of carbonyl (C=O) groups is 1. The largest absolute Gasteiger partial charge is 0.270 e. The van der Waals surface area contributed by atoms with Crippen LogP contribution in [0.4, 0.5) is 5.69 Å². The van der Waals surface area contributed by atoms with Gasteiger partial charge in [0.25, 0.3) is 5.91 Å². The average molecular weight is 380 g/mol. The van der Waals surface area contributed by atoms with Gasteiger partial charge in [0, 0.05) is 15.6 Å². The summed E-state index contributed by atoms with van der Waals surface area (Å²) in [5, 5.41) is 0.996. The number of carbonyl (C=O) groups excluding carboxylic acids is 1. The molecule has 2 nitrogen and oxygen atoms in total. The predicted octanol–water partition coefficient (Wildman–Crippen LogP) is 5.71. The number of aryl methyl sites for hydroxylation is 1. The van der Waals surface area contributed by atoms with E-state index in [9.17, 15) is 4.79 Å². The van der Waals surface area contributed by atoms with Crippen LogP contribution in [0.5, 0.6) is 0 Å². The van der Waals surface area contributed by atoms with Crippen molar-refractivity contribution in [3.05, 3.63) is 68.5 Å². The summed E-state index contributed by atoms with van der Waals surface area (Å²) < 4.78 is 0.494. The fourth-order valence-electron chi connectivity index (χ4n) is 2.16. The van der Waals surface area contributed by atoms with Crippen molar-refractivity contribution in [3.63, 3.8) is 0 Å². The van der Waals surface area contributed by atoms with Crippen LogP contribution < -0.4 is 4.90 Å². The third-order valence-corrected chi connectivity index (χ3v) is 5.32. The number of hydrogen-bond acceptors (Lipinski definition) is 3. The number of benzene rings is 2. The number of nitrogens with zero attached hydrogens (tertiary/aromatic N) is 1. The van der Waals surface area contributed by atoms with E-state index in [4.69, 9.17) is 35.4 Å². The van der Waals surface area contributed by atoms with E-state index < -0.39 is 0 Å². The van der Waals surface area contributed by atoms with Crippen molar-refractivity contribution in [2.75, 3.05) is 4.90 Å². The Labute approximate surface area is 154 Å². The van der Waals surface area contributed by atoms with Crippen LogP contribution >= 0.6 is 47.2 Å². The number of thioether (sulfide) groups is 1. The molecule has 1 heterocycles. The first-order chi connectivity index (χ1) is 11.0. The Kier molecular flexibility index (Phi) is 4.78. The topological polar surface area (TPSA) is 20.3 Å². The first-order valence-electron chi connectivity index (χ1n) is 6.76. The zero-order valence-corrected chi connectivity index (χ0v) is 15.2. The van der Waals surface area contributed by atoms with E-state index in [1.807, 2.05) is 31.2 Å². The molecular weight excluding hydrogens is 369 g/mol. The maximum atomic E-state index is 12.7. The van der Waals surface area contributed by atoms with Crippen LogP contribution in [0, 0.1) is 6.92 Å². The average Bonchev–Trinajstić information content (AvgIpc) is 2.79. The standard InChI is InChI=1S/C17H11Cl2NOS2/c1-10-5-7-11(8-6-10)20-16(21)15(23-17(20)22)9-12-13(18)3-2-4-14(12)19/h2-9H,1H3/b15-9-. The van der Waals surface area contributed by atoms with Crippen molar-refractivity contribution in [1.82, 2.24) is 0 Å². The molecule has 23 heavy (non-hydrogen) atoms. The highest BCUT2D eigenvalue weighted by molar-refractivity contribution is 8.27. The number of rotatable bonds is 2. The zero-order chi connectivity index (χ0) is 16.6. The summed E-state index contributed by atoms with van der Waals surface area (Å²) in [6.45, 7) is 1.99. The molecule has 1 fully saturated rings. The molecule has 0 N–H and O–H groups in total. The minimum absolute atomic E-state index is 0.167. The fraction of sp³-hybridized carbons (Fsp3) is 0.0588. The molecule has 6 heteroatoms. The molecule has 2 aromatic rings. The third kappa shape index (κ3) is 3.31. The van der Waals surface area contributed by atoms with Crippen LogP contribution in [0.3, 0.4) is 0 Å². The van der Waals surface area contributed by atoms with Crippen molar-refractivity contribution in [3.8, 4) is 0 Å². The first kappa shape index (κ1) is 16.5. The monoisotopic (exact) mass is 379 g/mol. The smallest absolute Gasteiger partial charge is 0.268 e. The quantitative estimate of drug-likeness (QED) is 0.492. The number of halogens is 2. The molecule has 0 aliphatic carbocycles. The van der Waals surface area contributed by atoms with E-state index in [1.165, 1.54) is 16.7 Å². The molecule has 0 unspecified atom stereocenters. The predicted molar refractivity (Wildman–Crippen MR) is 103 cm³/mol. The van der Waals surface area contributed by atoms with Crippen molar-refractivity contribution in [1.29, 1.82) is 0 Å². The second-order valence-corrected chi connectivity index (χ2v) is 7.48. The van der Waals surface area contributed by atoms with Crippen LogP contribution in [0.1, 0.15) is 11.1 Å². The number of thiocarbonyl (C=S) groups is 1. The molecule has 1 aliphatic rings. The summed E-state index contributed by atoms with van der Waals surface area (Å²) in [7, 11) is 0. The van der Waals surface area contributed by atoms with Crippen LogP contribution in [-0.4, -0.2) is 10.2 Å². The van der Waals surface area contributed by atoms with E-state index in [0.29, 0.717) is 24.8 Å². The Balaban J connectivity index is 1.98. The minimum Gasteiger partial charge on any atom is -0.268 e. The molecule has 0 bridgehead atoms. The van der Waals surface area contributed by atoms with Crippen LogP contribution in [-0.2, 0) is 4.79 Å². The summed E-state index contributed by atoms with van der Waals surface area (Å²) >= 11 is 18.9. The van der Waals surface area contributed by atoms with Gasteiger partial charge in [-0.15, -0.1) is 0 Å². The molecule has 0 saturated carbocycles. The third-order valence-electron chi connectivity index (χ3n) is 3.36. The maximum absolute atomic E-state index is 12.7. The van der Waals surface area contributed by atoms with Gasteiger partial charge in [-0.2, -0.15) is 0 Å². The lowest BCUT2D eigenvalue weighted by atomic mass is 10.2. The van der Waals surface area contributed by atoms with Crippen LogP contribution in [0.25, 0.3) is 6.08 Å². The van der Waals surface area contributed by atoms with Crippen molar-refractivity contribution in [2.45, 2.75) is 6.92 Å². The van der Waals surface area contributed by atoms with E-state index in [0.717, 1.165) is 11.3 Å². The molecule has 1 saturated heterocycles. The zero-order valence-electron chi connectivity index (χ0n) is 12.0. The maximum Gasteiger partial charge on any atom is 0.270 e. The van der Waals surface area contributed by atoms with Gasteiger partial charge in [0.2, 0.25) is 0 Å². The van der Waals surface area contributed by atoms with Gasteiger partial charge in [-0.05, 0) is 37.3 Å². The van der Waals surface area contributed by atoms with E-state index >= 15 is 0 Å². The molecule has 1 aliphatic heterocycles. The van der Waals surface area contributed by atoms with Crippen molar-refractivity contribution >= 4 is 69.2 Å². The minimum atomic E-state index is -0.167. The van der Waals surface area contributed by atoms with Gasteiger partial charge in [-0.1, -0.05) is 70.9 Å². The van der Waals surface area contributed by atoms with E-state index in [2.05, 4.69) is 0 Å². The molecule has 0 atom stereocenters. The summed E-state index contributed by atoms with van der Waals surface area (Å²) in [5.41, 5.74) is 2.50. The Morgan fingerprint density at radius 3 is 2.30 bits per heavy atom. The van der Waals surface area contributed by atoms with E-state index in [1.54, 1.807) is 24.3 Å². The lowest BCUT2D eigenvalue weighted by molar-refractivity contribution is -0.113. The fourth-order valence-corrected chi connectivity index (χ4v) is 3.95. The second kappa shape index (κ2) is 6.65. The van der Waals surface area contributed by atoms with Crippen molar-refractivity contribution < 1.29 is 4.79 Å². The lowest BCUT2D eigenvalue weighted by Gasteiger charge is -2.14. The Morgan fingerprint density at radius 2 is 1.70 bits per heavy atom. The van der Waals surface area contributed by atoms with Crippen molar-refractivity contribution in [2.24, 2.45) is 0 Å². The van der Waals surface area contributed by atoms with Gasteiger partial charge >= 0.3 is 0 Å². The second-order valence-electron chi connectivity index (χ2n) is 4.99. The summed E-state index contributed by atoms with van der Waals surface area (Å²) in [4.78, 5) is 14.7. The molecule has 3 rings (SSSR count). The van der Waals surface area contributed by atoms with E-state index in [-0.39, 0.29) is 5.91 Å². The van der Waals surface area contributed by atoms with Gasteiger partial charge in [0.1, 0.15) is 0 Å². The van der Waals surface area contributed by atoms with Gasteiger partial charge < -0.3 is 0 Å². The van der Waals surface area contributed by atoms with Crippen LogP contribution in [0.2, 0.25) is 10.0 Å². The Hall–Kier alpha value is -1.33. The summed E-state index contributed by atoms with van der Waals surface area (Å²) in [6.07, 6.45) is 1.69. The number of amides is 1. The Bertz CT molecular complexity index is 811. The van der Waals surface area contributed by atoms with Gasteiger partial charge in [0.05, 0.1) is 10.6 Å². The van der Waals surface area contributed by atoms with Gasteiger partial charge in [-0.3, -0.25) is 9.69 Å². The highest BCUT2D eigenvalue weighted by atomic mass is 35.5. The Morgan fingerprint density at radius 1 is 1.09 bits per heavy atom. The first-order valence-corrected chi connectivity index (χ1v) is 8.74. The number of anilines is 1. The molecule has 2 aromatic carbocycles. The molecular formula is C17H11Cl2NOS2. The number of hydrogen-bond donors (Lipinski definition) is 0. The lowest BCUT2D eigenvalue weighted by Crippen LogP contribution is -2.27. The molecule has 0 spiro atoms.